The van der Waals surface area contributed by atoms with Gasteiger partial charge >= 0.3 is 0 Å². The van der Waals surface area contributed by atoms with Crippen LogP contribution in [0.4, 0.5) is 0 Å². The minimum Gasteiger partial charge on any atom is -0.349 e. The molecule has 0 bridgehead atoms. The minimum absolute atomic E-state index is 0.0337. The zero-order valence-electron chi connectivity index (χ0n) is 15.7. The van der Waals surface area contributed by atoms with Crippen molar-refractivity contribution in [1.82, 2.24) is 15.2 Å². The first-order valence-corrected chi connectivity index (χ1v) is 9.66. The van der Waals surface area contributed by atoms with Crippen LogP contribution in [0.25, 0.3) is 10.2 Å². The van der Waals surface area contributed by atoms with Crippen molar-refractivity contribution >= 4 is 33.4 Å². The van der Waals surface area contributed by atoms with Crippen LogP contribution in [0.5, 0.6) is 0 Å². The maximum absolute atomic E-state index is 12.7. The first-order valence-electron chi connectivity index (χ1n) is 8.84. The summed E-state index contributed by atoms with van der Waals surface area (Å²) in [5, 5.41) is 3.79. The number of fused-ring (bicyclic) bond motifs is 1. The molecule has 0 spiro atoms. The molecule has 0 aliphatic rings. The molecule has 0 fully saturated rings. The zero-order chi connectivity index (χ0) is 19.4. The van der Waals surface area contributed by atoms with Gasteiger partial charge in [-0.2, -0.15) is 0 Å². The third kappa shape index (κ3) is 4.92. The molecule has 3 rings (SSSR count). The van der Waals surface area contributed by atoms with Crippen LogP contribution in [0.2, 0.25) is 0 Å². The molecule has 140 valence electrons. The summed E-state index contributed by atoms with van der Waals surface area (Å²) in [6.45, 7) is 3.93. The Morgan fingerprint density at radius 2 is 1.85 bits per heavy atom. The molecule has 0 aliphatic carbocycles. The lowest BCUT2D eigenvalue weighted by Gasteiger charge is -2.22. The third-order valence-electron chi connectivity index (χ3n) is 4.37. The summed E-state index contributed by atoms with van der Waals surface area (Å²) in [4.78, 5) is 30.6. The van der Waals surface area contributed by atoms with Gasteiger partial charge in [-0.15, -0.1) is 11.3 Å². The van der Waals surface area contributed by atoms with E-state index in [-0.39, 0.29) is 24.3 Å². The molecule has 0 aliphatic heterocycles. The van der Waals surface area contributed by atoms with Crippen LogP contribution in [0.3, 0.4) is 0 Å². The predicted molar refractivity (Wildman–Crippen MR) is 108 cm³/mol. The summed E-state index contributed by atoms with van der Waals surface area (Å²) in [6.07, 6.45) is 0.212. The normalized spacial score (nSPS) is 12.0. The van der Waals surface area contributed by atoms with Gasteiger partial charge in [-0.3, -0.25) is 9.59 Å². The molecule has 5 nitrogen and oxygen atoms in total. The Kier molecular flexibility index (Phi) is 5.86. The zero-order valence-corrected chi connectivity index (χ0v) is 16.5. The average Bonchev–Trinajstić information content (AvgIpc) is 3.03. The van der Waals surface area contributed by atoms with Crippen LogP contribution < -0.4 is 5.32 Å². The van der Waals surface area contributed by atoms with Crippen LogP contribution in [0, 0.1) is 6.92 Å². The predicted octanol–water partition coefficient (Wildman–Crippen LogP) is 3.83. The van der Waals surface area contributed by atoms with Gasteiger partial charge in [-0.25, -0.2) is 4.98 Å². The maximum Gasteiger partial charge on any atom is 0.225 e. The molecule has 2 amide bonds. The Hall–Kier alpha value is -2.73. The quantitative estimate of drug-likeness (QED) is 0.706. The van der Waals surface area contributed by atoms with Gasteiger partial charge in [0, 0.05) is 14.0 Å². The summed E-state index contributed by atoms with van der Waals surface area (Å²) < 4.78 is 1.11. The van der Waals surface area contributed by atoms with E-state index in [4.69, 9.17) is 0 Å². The molecule has 1 aromatic heterocycles. The fourth-order valence-electron chi connectivity index (χ4n) is 2.91. The van der Waals surface area contributed by atoms with Crippen LogP contribution in [0.15, 0.2) is 48.5 Å². The molecule has 27 heavy (non-hydrogen) atoms. The lowest BCUT2D eigenvalue weighted by atomic mass is 10.0. The molecule has 1 N–H and O–H groups in total. The van der Waals surface area contributed by atoms with E-state index >= 15 is 0 Å². The highest BCUT2D eigenvalue weighted by atomic mass is 32.1. The van der Waals surface area contributed by atoms with Crippen LogP contribution in [0.1, 0.15) is 35.5 Å². The first kappa shape index (κ1) is 19.0. The standard InChI is InChI=1S/C21H23N3O2S/c1-14-8-10-16(11-9-14)18(22-15(2)25)12-21(26)24(3)13-20-23-17-6-4-5-7-19(17)27-20/h4-11,18H,12-13H2,1-3H3,(H,22,25). The number of nitrogens with zero attached hydrogens (tertiary/aromatic N) is 2. The highest BCUT2D eigenvalue weighted by Crippen LogP contribution is 2.23. The van der Waals surface area contributed by atoms with Crippen LogP contribution in [-0.4, -0.2) is 28.7 Å². The highest BCUT2D eigenvalue weighted by molar-refractivity contribution is 7.18. The number of benzene rings is 2. The molecule has 2 aromatic carbocycles. The molecule has 1 heterocycles. The van der Waals surface area contributed by atoms with Crippen molar-refractivity contribution in [3.05, 3.63) is 64.7 Å². The van der Waals surface area contributed by atoms with Crippen molar-refractivity contribution < 1.29 is 9.59 Å². The topological polar surface area (TPSA) is 62.3 Å². The average molecular weight is 382 g/mol. The van der Waals surface area contributed by atoms with Gasteiger partial charge in [0.2, 0.25) is 11.8 Å². The molecule has 1 atom stereocenters. The minimum atomic E-state index is -0.339. The number of amides is 2. The summed E-state index contributed by atoms with van der Waals surface area (Å²) in [7, 11) is 1.77. The van der Waals surface area contributed by atoms with Crippen molar-refractivity contribution in [3.63, 3.8) is 0 Å². The number of para-hydroxylation sites is 1. The number of nitrogens with one attached hydrogen (secondary N) is 1. The number of aromatic nitrogens is 1. The summed E-state index contributed by atoms with van der Waals surface area (Å²) in [5.74, 6) is -0.184. The van der Waals surface area contributed by atoms with E-state index in [9.17, 15) is 9.59 Å². The Morgan fingerprint density at radius 3 is 2.52 bits per heavy atom. The Bertz CT molecular complexity index is 916. The highest BCUT2D eigenvalue weighted by Gasteiger charge is 2.20. The van der Waals surface area contributed by atoms with Gasteiger partial charge in [0.25, 0.3) is 0 Å². The van der Waals surface area contributed by atoms with E-state index in [2.05, 4.69) is 10.3 Å². The van der Waals surface area contributed by atoms with Crippen molar-refractivity contribution in [2.45, 2.75) is 32.9 Å². The van der Waals surface area contributed by atoms with Gasteiger partial charge in [-0.05, 0) is 24.6 Å². The maximum atomic E-state index is 12.7. The Labute approximate surface area is 163 Å². The molecule has 3 aromatic rings. The van der Waals surface area contributed by atoms with Gasteiger partial charge in [0.05, 0.1) is 29.2 Å². The second-order valence-electron chi connectivity index (χ2n) is 6.69. The second kappa shape index (κ2) is 8.31. The van der Waals surface area contributed by atoms with Crippen LogP contribution in [-0.2, 0) is 16.1 Å². The largest absolute Gasteiger partial charge is 0.349 e. The molecule has 1 unspecified atom stereocenters. The molecular weight excluding hydrogens is 358 g/mol. The van der Waals surface area contributed by atoms with Gasteiger partial charge in [0.15, 0.2) is 0 Å². The fourth-order valence-corrected chi connectivity index (χ4v) is 3.93. The summed E-state index contributed by atoms with van der Waals surface area (Å²) >= 11 is 1.60. The fraction of sp³-hybridized carbons (Fsp3) is 0.286. The lowest BCUT2D eigenvalue weighted by molar-refractivity contribution is -0.131. The number of aryl methyl sites for hydroxylation is 1. The first-order chi connectivity index (χ1) is 12.9. The second-order valence-corrected chi connectivity index (χ2v) is 7.81. The monoisotopic (exact) mass is 381 g/mol. The van der Waals surface area contributed by atoms with Gasteiger partial charge in [0.1, 0.15) is 5.01 Å². The van der Waals surface area contributed by atoms with Gasteiger partial charge < -0.3 is 10.2 Å². The van der Waals surface area contributed by atoms with Crippen molar-refractivity contribution in [1.29, 1.82) is 0 Å². The van der Waals surface area contributed by atoms with E-state index in [1.165, 1.54) is 6.92 Å². The molecule has 0 saturated heterocycles. The number of thiazole rings is 1. The summed E-state index contributed by atoms with van der Waals surface area (Å²) in [5.41, 5.74) is 3.02. The van der Waals surface area contributed by atoms with E-state index in [1.54, 1.807) is 23.3 Å². The van der Waals surface area contributed by atoms with E-state index in [0.717, 1.165) is 26.4 Å². The van der Waals surface area contributed by atoms with E-state index in [0.29, 0.717) is 6.54 Å². The van der Waals surface area contributed by atoms with E-state index < -0.39 is 0 Å². The van der Waals surface area contributed by atoms with Crippen LogP contribution >= 0.6 is 11.3 Å². The van der Waals surface area contributed by atoms with Gasteiger partial charge in [-0.1, -0.05) is 42.0 Å². The lowest BCUT2D eigenvalue weighted by Crippen LogP contribution is -2.33. The Morgan fingerprint density at radius 1 is 1.15 bits per heavy atom. The van der Waals surface area contributed by atoms with Crippen molar-refractivity contribution in [3.8, 4) is 0 Å². The van der Waals surface area contributed by atoms with Crippen molar-refractivity contribution in [2.24, 2.45) is 0 Å². The van der Waals surface area contributed by atoms with E-state index in [1.807, 2.05) is 55.5 Å². The molecular formula is C21H23N3O2S. The number of hydrogen-bond acceptors (Lipinski definition) is 4. The number of carbonyl (C=O) groups excluding carboxylic acids is 2. The number of carbonyl (C=O) groups is 2. The SMILES string of the molecule is CC(=O)NC(CC(=O)N(C)Cc1nc2ccccc2s1)c1ccc(C)cc1. The van der Waals surface area contributed by atoms with Crippen molar-refractivity contribution in [2.75, 3.05) is 7.05 Å². The molecule has 6 heteroatoms. The smallest absolute Gasteiger partial charge is 0.225 e. The third-order valence-corrected chi connectivity index (χ3v) is 5.39. The number of hydrogen-bond donors (Lipinski definition) is 1. The molecule has 0 radical (unpaired) electrons. The summed E-state index contributed by atoms with van der Waals surface area (Å²) in [6, 6.07) is 15.5. The number of rotatable bonds is 6. The molecule has 0 saturated carbocycles. The Balaban J connectivity index is 1.70.